The van der Waals surface area contributed by atoms with E-state index in [9.17, 15) is 0 Å². The van der Waals surface area contributed by atoms with Crippen LogP contribution in [0.3, 0.4) is 0 Å². The van der Waals surface area contributed by atoms with Crippen LogP contribution < -0.4 is 15.2 Å². The van der Waals surface area contributed by atoms with Gasteiger partial charge in [0, 0.05) is 45.4 Å². The van der Waals surface area contributed by atoms with Crippen molar-refractivity contribution in [3.63, 3.8) is 0 Å². The highest BCUT2D eigenvalue weighted by Crippen LogP contribution is 2.25. The molecule has 1 aromatic heterocycles. The molecule has 1 N–H and O–H groups in total. The summed E-state index contributed by atoms with van der Waals surface area (Å²) < 4.78 is 14.9. The van der Waals surface area contributed by atoms with Crippen molar-refractivity contribution in [2.24, 2.45) is 10.1 Å². The second kappa shape index (κ2) is 16.0. The summed E-state index contributed by atoms with van der Waals surface area (Å²) in [6.07, 6.45) is 9.81. The van der Waals surface area contributed by atoms with Crippen LogP contribution in [0.25, 0.3) is 0 Å². The lowest BCUT2D eigenvalue weighted by atomic mass is 10.2. The number of allylic oxidation sites excluding steroid dienone is 2. The van der Waals surface area contributed by atoms with E-state index in [4.69, 9.17) is 9.47 Å². The molecular weight excluding hydrogens is 426 g/mol. The van der Waals surface area contributed by atoms with Gasteiger partial charge in [0.2, 0.25) is 11.9 Å². The number of anilines is 2. The van der Waals surface area contributed by atoms with E-state index in [1.165, 1.54) is 28.5 Å². The fraction of sp³-hybridized carbons (Fsp3) is 0.545. The molecule has 1 fully saturated rings. The molecule has 1 saturated heterocycles. The van der Waals surface area contributed by atoms with Crippen LogP contribution in [0.4, 0.5) is 11.1 Å². The maximum Gasteiger partial charge on any atom is 0.265 e. The third-order valence-electron chi connectivity index (χ3n) is 4.12. The van der Waals surface area contributed by atoms with Crippen LogP contribution in [0.5, 0.6) is 0 Å². The highest BCUT2D eigenvalue weighted by molar-refractivity contribution is 7.09. The molecule has 3 rings (SSSR count). The van der Waals surface area contributed by atoms with Crippen LogP contribution in [0.15, 0.2) is 45.4 Å². The first-order valence-corrected chi connectivity index (χ1v) is 11.7. The van der Waals surface area contributed by atoms with Gasteiger partial charge in [-0.2, -0.15) is 15.1 Å². The topological polar surface area (TPSA) is 87.5 Å². The first kappa shape index (κ1) is 27.3. The summed E-state index contributed by atoms with van der Waals surface area (Å²) in [6.45, 7) is 14.9. The van der Waals surface area contributed by atoms with Gasteiger partial charge in [0.15, 0.2) is 11.5 Å². The summed E-state index contributed by atoms with van der Waals surface area (Å²) in [5.74, 6) is 2.25. The molecule has 0 saturated carbocycles. The second-order valence-electron chi connectivity index (χ2n) is 6.44. The zero-order valence-corrected chi connectivity index (χ0v) is 21.0. The van der Waals surface area contributed by atoms with Crippen LogP contribution in [0.2, 0.25) is 0 Å². The lowest BCUT2D eigenvalue weighted by Crippen LogP contribution is -2.18. The zero-order chi connectivity index (χ0) is 23.8. The quantitative estimate of drug-likeness (QED) is 0.334. The number of hydrogen-bond donors (Lipinski definition) is 1. The molecule has 0 atom stereocenters. The highest BCUT2D eigenvalue weighted by Gasteiger charge is 2.17. The first-order valence-electron chi connectivity index (χ1n) is 10.9. The number of hydrogen-bond acceptors (Lipinski definition) is 9. The SMILES string of the molecule is C=NN(C=NC)c1nsc(N(C)CCC)n1.CC.CCNCC1=CCC=C2OCOC2=C1. The molecule has 1 aliphatic heterocycles. The standard InChI is InChI=1S/C11H15NO2.C9H16N6S.C2H6/c1-2-12-7-9-4-3-5-10-11(6-9)14-8-13-10;1-5-6-14(4)9-12-8(13-16-9)15(11-3)7-10-2;1-2/h4-6,12H,2-3,7-8H2,1H3;7H,3,5-6H2,1-2,4H3;1-2H3. The maximum absolute atomic E-state index is 5.35. The third kappa shape index (κ3) is 8.80. The number of likely N-dealkylation sites (N-methyl/N-ethyl adjacent to an activating group) is 1. The zero-order valence-electron chi connectivity index (χ0n) is 20.2. The fourth-order valence-electron chi connectivity index (χ4n) is 2.66. The number of aliphatic imine (C=N–C) groups is 1. The normalized spacial score (nSPS) is 14.1. The van der Waals surface area contributed by atoms with Gasteiger partial charge in [-0.05, 0) is 37.1 Å². The van der Waals surface area contributed by atoms with Gasteiger partial charge in [-0.15, -0.1) is 4.37 Å². The van der Waals surface area contributed by atoms with Crippen LogP contribution in [-0.4, -0.2) is 62.9 Å². The Hall–Kier alpha value is -2.72. The van der Waals surface area contributed by atoms with Crippen molar-refractivity contribution in [1.29, 1.82) is 0 Å². The molecule has 0 bridgehead atoms. The minimum atomic E-state index is 0.353. The highest BCUT2D eigenvalue weighted by atomic mass is 32.1. The molecule has 0 radical (unpaired) electrons. The number of ether oxygens (including phenoxy) is 2. The van der Waals surface area contributed by atoms with Crippen molar-refractivity contribution < 1.29 is 9.47 Å². The smallest absolute Gasteiger partial charge is 0.265 e. The van der Waals surface area contributed by atoms with Gasteiger partial charge in [-0.3, -0.25) is 4.99 Å². The van der Waals surface area contributed by atoms with Gasteiger partial charge >= 0.3 is 0 Å². The number of rotatable bonds is 9. The average Bonchev–Trinajstić information content (AvgIpc) is 3.44. The Morgan fingerprint density at radius 2 is 2.00 bits per heavy atom. The minimum absolute atomic E-state index is 0.353. The first-order chi connectivity index (χ1) is 15.6. The van der Waals surface area contributed by atoms with Crippen molar-refractivity contribution in [3.8, 4) is 0 Å². The number of fused-ring (bicyclic) bond motifs is 1. The van der Waals surface area contributed by atoms with Crippen LogP contribution in [-0.2, 0) is 9.47 Å². The molecule has 178 valence electrons. The summed E-state index contributed by atoms with van der Waals surface area (Å²) in [4.78, 5) is 10.3. The van der Waals surface area contributed by atoms with Gasteiger partial charge in [-0.25, -0.2) is 0 Å². The Kier molecular flexibility index (Phi) is 13.6. The summed E-state index contributed by atoms with van der Waals surface area (Å²) in [5, 5.41) is 9.37. The second-order valence-corrected chi connectivity index (χ2v) is 7.17. The van der Waals surface area contributed by atoms with Crippen LogP contribution >= 0.6 is 11.5 Å². The Balaban J connectivity index is 0.000000299. The summed E-state index contributed by atoms with van der Waals surface area (Å²) in [6, 6.07) is 0. The summed E-state index contributed by atoms with van der Waals surface area (Å²) in [7, 11) is 3.65. The number of aromatic nitrogens is 2. The van der Waals surface area contributed by atoms with Crippen LogP contribution in [0, 0.1) is 0 Å². The number of nitrogens with zero attached hydrogens (tertiary/aromatic N) is 6. The van der Waals surface area contributed by atoms with Crippen molar-refractivity contribution in [1.82, 2.24) is 14.7 Å². The fourth-order valence-corrected chi connectivity index (χ4v) is 3.30. The van der Waals surface area contributed by atoms with Crippen molar-refractivity contribution >= 4 is 35.7 Å². The van der Waals surface area contributed by atoms with Gasteiger partial charge in [0.05, 0.1) is 0 Å². The molecule has 0 aromatic carbocycles. The van der Waals surface area contributed by atoms with E-state index < -0.39 is 0 Å². The Labute approximate surface area is 196 Å². The monoisotopic (exact) mass is 463 g/mol. The van der Waals surface area contributed by atoms with E-state index in [2.05, 4.69) is 68.5 Å². The number of hydrazone groups is 1. The van der Waals surface area contributed by atoms with E-state index in [1.54, 1.807) is 7.05 Å². The number of nitrogens with one attached hydrogen (secondary N) is 1. The molecule has 2 heterocycles. The van der Waals surface area contributed by atoms with Crippen molar-refractivity contribution in [3.05, 3.63) is 35.3 Å². The van der Waals surface area contributed by atoms with E-state index in [0.717, 1.165) is 49.1 Å². The Morgan fingerprint density at radius 3 is 2.66 bits per heavy atom. The predicted octanol–water partition coefficient (Wildman–Crippen LogP) is 4.19. The van der Waals surface area contributed by atoms with E-state index in [0.29, 0.717) is 12.7 Å². The summed E-state index contributed by atoms with van der Waals surface area (Å²) in [5.41, 5.74) is 1.26. The maximum atomic E-state index is 5.35. The van der Waals surface area contributed by atoms with E-state index in [1.807, 2.05) is 20.9 Å². The molecule has 1 aromatic rings. The van der Waals surface area contributed by atoms with E-state index >= 15 is 0 Å². The summed E-state index contributed by atoms with van der Waals surface area (Å²) >= 11 is 1.34. The lowest BCUT2D eigenvalue weighted by molar-refractivity contribution is 0.0974. The minimum Gasteiger partial charge on any atom is -0.454 e. The molecule has 2 aliphatic rings. The molecule has 0 spiro atoms. The van der Waals surface area contributed by atoms with Crippen molar-refractivity contribution in [2.45, 2.75) is 40.5 Å². The molecule has 1 aliphatic carbocycles. The van der Waals surface area contributed by atoms with Gasteiger partial charge in [0.25, 0.3) is 5.95 Å². The molecule has 10 heteroatoms. The van der Waals surface area contributed by atoms with Gasteiger partial charge in [0.1, 0.15) is 6.34 Å². The molecule has 0 amide bonds. The average molecular weight is 464 g/mol. The molecular formula is C22H37N7O2S. The molecule has 0 unspecified atom stereocenters. The van der Waals surface area contributed by atoms with Gasteiger partial charge in [-0.1, -0.05) is 33.8 Å². The lowest BCUT2D eigenvalue weighted by Gasteiger charge is -2.13. The largest absolute Gasteiger partial charge is 0.454 e. The van der Waals surface area contributed by atoms with Crippen LogP contribution in [0.1, 0.15) is 40.5 Å². The van der Waals surface area contributed by atoms with Crippen molar-refractivity contribution in [2.75, 3.05) is 50.4 Å². The molecule has 32 heavy (non-hydrogen) atoms. The Bertz CT molecular complexity index is 802. The predicted molar refractivity (Wildman–Crippen MR) is 136 cm³/mol. The van der Waals surface area contributed by atoms with E-state index in [-0.39, 0.29) is 0 Å². The van der Waals surface area contributed by atoms with Gasteiger partial charge < -0.3 is 19.7 Å². The Morgan fingerprint density at radius 1 is 1.25 bits per heavy atom. The third-order valence-corrected chi connectivity index (χ3v) is 4.94. The molecule has 9 nitrogen and oxygen atoms in total.